The molecular formula is C24H23N3O. The van der Waals surface area contributed by atoms with Crippen LogP contribution in [0, 0.1) is 0 Å². The minimum absolute atomic E-state index is 0.235. The standard InChI is InChI=1S/C24H23N3O/c1-27(2)23-15-13-22(14-16-23)24(28)26-25-18-21-10-6-9-20(17-21)12-11-19-7-4-3-5-8-19/h3-18H,1-2H3,(H,26,28)/b12-11+,25-18+. The fourth-order valence-corrected chi connectivity index (χ4v) is 2.64. The molecule has 3 rings (SSSR count). The number of amides is 1. The van der Waals surface area contributed by atoms with Gasteiger partial charge in [0.2, 0.25) is 0 Å². The van der Waals surface area contributed by atoms with E-state index in [0.717, 1.165) is 22.4 Å². The van der Waals surface area contributed by atoms with Crippen LogP contribution in [0.1, 0.15) is 27.0 Å². The molecule has 0 spiro atoms. The van der Waals surface area contributed by atoms with E-state index < -0.39 is 0 Å². The molecule has 4 nitrogen and oxygen atoms in total. The fraction of sp³-hybridized carbons (Fsp3) is 0.0833. The zero-order chi connectivity index (χ0) is 19.8. The monoisotopic (exact) mass is 369 g/mol. The summed E-state index contributed by atoms with van der Waals surface area (Å²) in [7, 11) is 3.92. The Morgan fingerprint density at radius 2 is 1.46 bits per heavy atom. The third-order valence-electron chi connectivity index (χ3n) is 4.20. The molecule has 0 saturated carbocycles. The molecule has 0 fully saturated rings. The van der Waals surface area contributed by atoms with Crippen molar-refractivity contribution in [2.24, 2.45) is 5.10 Å². The van der Waals surface area contributed by atoms with Crippen LogP contribution in [0.3, 0.4) is 0 Å². The minimum atomic E-state index is -0.235. The van der Waals surface area contributed by atoms with Gasteiger partial charge in [0.05, 0.1) is 6.21 Å². The van der Waals surface area contributed by atoms with Crippen LogP contribution in [0.25, 0.3) is 12.2 Å². The van der Waals surface area contributed by atoms with Gasteiger partial charge in [-0.2, -0.15) is 5.10 Å². The molecule has 140 valence electrons. The first-order valence-electron chi connectivity index (χ1n) is 9.06. The van der Waals surface area contributed by atoms with E-state index in [-0.39, 0.29) is 5.91 Å². The lowest BCUT2D eigenvalue weighted by Crippen LogP contribution is -2.17. The van der Waals surface area contributed by atoms with E-state index in [0.29, 0.717) is 5.56 Å². The second kappa shape index (κ2) is 9.33. The maximum Gasteiger partial charge on any atom is 0.271 e. The number of carbonyl (C=O) groups excluding carboxylic acids is 1. The van der Waals surface area contributed by atoms with E-state index in [1.54, 1.807) is 18.3 Å². The van der Waals surface area contributed by atoms with Gasteiger partial charge in [-0.3, -0.25) is 4.79 Å². The second-order valence-corrected chi connectivity index (χ2v) is 6.55. The Morgan fingerprint density at radius 3 is 2.18 bits per heavy atom. The Morgan fingerprint density at radius 1 is 0.821 bits per heavy atom. The van der Waals surface area contributed by atoms with E-state index in [2.05, 4.69) is 34.8 Å². The van der Waals surface area contributed by atoms with Crippen LogP contribution in [-0.4, -0.2) is 26.2 Å². The van der Waals surface area contributed by atoms with E-state index in [9.17, 15) is 4.79 Å². The molecule has 0 heterocycles. The van der Waals surface area contributed by atoms with Crippen LogP contribution >= 0.6 is 0 Å². The molecule has 4 heteroatoms. The molecule has 0 aromatic heterocycles. The van der Waals surface area contributed by atoms with Crippen molar-refractivity contribution < 1.29 is 4.79 Å². The molecule has 0 aliphatic carbocycles. The maximum atomic E-state index is 12.2. The van der Waals surface area contributed by atoms with Crippen LogP contribution in [0.4, 0.5) is 5.69 Å². The van der Waals surface area contributed by atoms with Crippen LogP contribution in [0.15, 0.2) is 84.0 Å². The van der Waals surface area contributed by atoms with Gasteiger partial charge in [-0.1, -0.05) is 60.7 Å². The number of hydrogen-bond donors (Lipinski definition) is 1. The number of carbonyl (C=O) groups is 1. The number of nitrogens with zero attached hydrogens (tertiary/aromatic N) is 2. The molecule has 3 aromatic rings. The molecule has 0 atom stereocenters. The van der Waals surface area contributed by atoms with E-state index in [4.69, 9.17) is 0 Å². The molecule has 3 aromatic carbocycles. The number of nitrogens with one attached hydrogen (secondary N) is 1. The first-order chi connectivity index (χ1) is 13.6. The summed E-state index contributed by atoms with van der Waals surface area (Å²) in [5.41, 5.74) is 7.32. The molecule has 0 unspecified atom stereocenters. The zero-order valence-corrected chi connectivity index (χ0v) is 16.0. The van der Waals surface area contributed by atoms with Crippen LogP contribution in [0.2, 0.25) is 0 Å². The Balaban J connectivity index is 1.61. The van der Waals surface area contributed by atoms with E-state index in [1.165, 1.54) is 0 Å². The number of hydrazone groups is 1. The summed E-state index contributed by atoms with van der Waals surface area (Å²) in [4.78, 5) is 14.2. The molecule has 0 bridgehead atoms. The summed E-state index contributed by atoms with van der Waals surface area (Å²) in [6, 6.07) is 25.5. The van der Waals surface area contributed by atoms with Gasteiger partial charge >= 0.3 is 0 Å². The molecule has 1 N–H and O–H groups in total. The Kier molecular flexibility index (Phi) is 6.37. The van der Waals surface area contributed by atoms with Crippen molar-refractivity contribution in [3.8, 4) is 0 Å². The lowest BCUT2D eigenvalue weighted by Gasteiger charge is -2.12. The van der Waals surface area contributed by atoms with Gasteiger partial charge in [-0.25, -0.2) is 5.43 Å². The van der Waals surface area contributed by atoms with Gasteiger partial charge in [0.15, 0.2) is 0 Å². The number of hydrogen-bond acceptors (Lipinski definition) is 3. The zero-order valence-electron chi connectivity index (χ0n) is 16.0. The van der Waals surface area contributed by atoms with Crippen molar-refractivity contribution in [1.82, 2.24) is 5.43 Å². The summed E-state index contributed by atoms with van der Waals surface area (Å²) < 4.78 is 0. The molecule has 28 heavy (non-hydrogen) atoms. The molecule has 0 radical (unpaired) electrons. The van der Waals surface area contributed by atoms with Gasteiger partial charge in [-0.15, -0.1) is 0 Å². The van der Waals surface area contributed by atoms with Gasteiger partial charge < -0.3 is 4.90 Å². The van der Waals surface area contributed by atoms with E-state index in [1.807, 2.05) is 73.6 Å². The number of anilines is 1. The predicted octanol–water partition coefficient (Wildman–Crippen LogP) is 4.69. The van der Waals surface area contributed by atoms with Gasteiger partial charge in [0.25, 0.3) is 5.91 Å². The highest BCUT2D eigenvalue weighted by Crippen LogP contribution is 2.12. The van der Waals surface area contributed by atoms with Crippen molar-refractivity contribution >= 4 is 30.0 Å². The molecule has 0 aliphatic rings. The number of rotatable bonds is 6. The van der Waals surface area contributed by atoms with Crippen LogP contribution in [-0.2, 0) is 0 Å². The highest BCUT2D eigenvalue weighted by Gasteiger charge is 2.04. The molecular weight excluding hydrogens is 346 g/mol. The SMILES string of the molecule is CN(C)c1ccc(C(=O)N/N=C/c2cccc(/C=C/c3ccccc3)c2)cc1. The van der Waals surface area contributed by atoms with Crippen molar-refractivity contribution in [2.75, 3.05) is 19.0 Å². The second-order valence-electron chi connectivity index (χ2n) is 6.55. The third kappa shape index (κ3) is 5.42. The van der Waals surface area contributed by atoms with Crippen LogP contribution in [0.5, 0.6) is 0 Å². The van der Waals surface area contributed by atoms with Gasteiger partial charge in [0, 0.05) is 25.3 Å². The maximum absolute atomic E-state index is 12.2. The van der Waals surface area contributed by atoms with Crippen molar-refractivity contribution in [3.05, 3.63) is 101 Å². The topological polar surface area (TPSA) is 44.7 Å². The molecule has 1 amide bonds. The number of benzene rings is 3. The largest absolute Gasteiger partial charge is 0.378 e. The van der Waals surface area contributed by atoms with Crippen LogP contribution < -0.4 is 10.3 Å². The third-order valence-corrected chi connectivity index (χ3v) is 4.20. The average Bonchev–Trinajstić information content (AvgIpc) is 2.73. The summed E-state index contributed by atoms with van der Waals surface area (Å²) in [6.07, 6.45) is 5.76. The molecule has 0 saturated heterocycles. The Bertz CT molecular complexity index is 974. The highest BCUT2D eigenvalue weighted by atomic mass is 16.2. The first kappa shape index (κ1) is 19.1. The van der Waals surface area contributed by atoms with Crippen molar-refractivity contribution in [2.45, 2.75) is 0 Å². The fourth-order valence-electron chi connectivity index (χ4n) is 2.64. The molecule has 0 aliphatic heterocycles. The lowest BCUT2D eigenvalue weighted by atomic mass is 10.1. The predicted molar refractivity (Wildman–Crippen MR) is 118 cm³/mol. The van der Waals surface area contributed by atoms with Crippen molar-refractivity contribution in [3.63, 3.8) is 0 Å². The van der Waals surface area contributed by atoms with E-state index >= 15 is 0 Å². The lowest BCUT2D eigenvalue weighted by molar-refractivity contribution is 0.0955. The first-order valence-corrected chi connectivity index (χ1v) is 9.06. The smallest absolute Gasteiger partial charge is 0.271 e. The van der Waals surface area contributed by atoms with Crippen molar-refractivity contribution in [1.29, 1.82) is 0 Å². The average molecular weight is 369 g/mol. The Hall–Kier alpha value is -3.66. The Labute approximate surface area is 165 Å². The summed E-state index contributed by atoms with van der Waals surface area (Å²) >= 11 is 0. The highest BCUT2D eigenvalue weighted by molar-refractivity contribution is 5.95. The minimum Gasteiger partial charge on any atom is -0.378 e. The van der Waals surface area contributed by atoms with Gasteiger partial charge in [-0.05, 0) is 47.0 Å². The summed E-state index contributed by atoms with van der Waals surface area (Å²) in [5.74, 6) is -0.235. The summed E-state index contributed by atoms with van der Waals surface area (Å²) in [5, 5.41) is 4.08. The normalized spacial score (nSPS) is 11.1. The van der Waals surface area contributed by atoms with Gasteiger partial charge in [0.1, 0.15) is 0 Å². The summed E-state index contributed by atoms with van der Waals surface area (Å²) in [6.45, 7) is 0. The quantitative estimate of drug-likeness (QED) is 0.389.